The molecule has 2 nitrogen and oxygen atoms in total. The van der Waals surface area contributed by atoms with Crippen molar-refractivity contribution < 1.29 is 5.21 Å². The maximum atomic E-state index is 8.18. The van der Waals surface area contributed by atoms with E-state index in [1.165, 1.54) is 0 Å². The first-order valence-corrected chi connectivity index (χ1v) is 3.03. The molecule has 0 spiro atoms. The third kappa shape index (κ3) is 5.07. The molecule has 0 rings (SSSR count). The molecule has 0 aromatic heterocycles. The third-order valence-corrected chi connectivity index (χ3v) is 0.880. The molecule has 0 radical (unpaired) electrons. The average Bonchev–Trinajstić information content (AvgIpc) is 1.83. The molecular formula is C7H13NO. The summed E-state index contributed by atoms with van der Waals surface area (Å²) in [6.45, 7) is 5.89. The zero-order valence-corrected chi connectivity index (χ0v) is 6.13. The summed E-state index contributed by atoms with van der Waals surface area (Å²) in [4.78, 5) is 0. The van der Waals surface area contributed by atoms with E-state index in [9.17, 15) is 0 Å². The first-order valence-electron chi connectivity index (χ1n) is 3.03. The second kappa shape index (κ2) is 4.13. The van der Waals surface area contributed by atoms with Crippen LogP contribution in [0.4, 0.5) is 0 Å². The van der Waals surface area contributed by atoms with Crippen molar-refractivity contribution >= 4 is 5.71 Å². The van der Waals surface area contributed by atoms with E-state index in [0.717, 1.165) is 0 Å². The van der Waals surface area contributed by atoms with E-state index >= 15 is 0 Å². The SMILES string of the molecule is CC(/C=C/C(C)C)=N/O. The zero-order valence-electron chi connectivity index (χ0n) is 6.13. The van der Waals surface area contributed by atoms with Crippen molar-refractivity contribution in [1.82, 2.24) is 0 Å². The van der Waals surface area contributed by atoms with Crippen LogP contribution in [-0.2, 0) is 0 Å². The number of allylic oxidation sites excluding steroid dienone is 2. The van der Waals surface area contributed by atoms with Gasteiger partial charge in [0.2, 0.25) is 0 Å². The molecule has 0 heterocycles. The van der Waals surface area contributed by atoms with Crippen molar-refractivity contribution in [1.29, 1.82) is 0 Å². The fraction of sp³-hybridized carbons (Fsp3) is 0.571. The van der Waals surface area contributed by atoms with Crippen molar-refractivity contribution in [2.45, 2.75) is 20.8 Å². The van der Waals surface area contributed by atoms with Crippen LogP contribution >= 0.6 is 0 Å². The number of hydrogen-bond donors (Lipinski definition) is 1. The molecular weight excluding hydrogens is 114 g/mol. The minimum Gasteiger partial charge on any atom is -0.411 e. The van der Waals surface area contributed by atoms with Crippen LogP contribution in [0.15, 0.2) is 17.3 Å². The fourth-order valence-electron chi connectivity index (χ4n) is 0.365. The first kappa shape index (κ1) is 8.21. The quantitative estimate of drug-likeness (QED) is 0.343. The molecule has 0 atom stereocenters. The van der Waals surface area contributed by atoms with Gasteiger partial charge in [-0.1, -0.05) is 25.1 Å². The van der Waals surface area contributed by atoms with Gasteiger partial charge >= 0.3 is 0 Å². The summed E-state index contributed by atoms with van der Waals surface area (Å²) in [5.41, 5.74) is 0.642. The zero-order chi connectivity index (χ0) is 7.28. The number of hydrogen-bond acceptors (Lipinski definition) is 2. The van der Waals surface area contributed by atoms with Crippen LogP contribution < -0.4 is 0 Å². The van der Waals surface area contributed by atoms with Gasteiger partial charge in [0.25, 0.3) is 0 Å². The van der Waals surface area contributed by atoms with Gasteiger partial charge in [0.15, 0.2) is 0 Å². The Balaban J connectivity index is 3.71. The number of rotatable bonds is 2. The highest BCUT2D eigenvalue weighted by molar-refractivity contribution is 5.92. The molecule has 52 valence electrons. The lowest BCUT2D eigenvalue weighted by Gasteiger charge is -1.91. The highest BCUT2D eigenvalue weighted by Crippen LogP contribution is 1.93. The van der Waals surface area contributed by atoms with Crippen LogP contribution in [0, 0.1) is 5.92 Å². The van der Waals surface area contributed by atoms with Gasteiger partial charge < -0.3 is 5.21 Å². The van der Waals surface area contributed by atoms with Crippen LogP contribution in [0.5, 0.6) is 0 Å². The van der Waals surface area contributed by atoms with Gasteiger partial charge in [-0.25, -0.2) is 0 Å². The summed E-state index contributed by atoms with van der Waals surface area (Å²) in [7, 11) is 0. The largest absolute Gasteiger partial charge is 0.411 e. The highest BCUT2D eigenvalue weighted by Gasteiger charge is 1.84. The molecule has 0 unspecified atom stereocenters. The predicted octanol–water partition coefficient (Wildman–Crippen LogP) is 2.05. The van der Waals surface area contributed by atoms with Gasteiger partial charge in [-0.05, 0) is 18.9 Å². The Bertz CT molecular complexity index is 125. The Morgan fingerprint density at radius 1 is 1.56 bits per heavy atom. The monoisotopic (exact) mass is 127 g/mol. The molecule has 0 aliphatic heterocycles. The molecule has 0 saturated carbocycles. The molecule has 0 fully saturated rings. The maximum Gasteiger partial charge on any atom is 0.0761 e. The predicted molar refractivity (Wildman–Crippen MR) is 38.9 cm³/mol. The maximum absolute atomic E-state index is 8.18. The van der Waals surface area contributed by atoms with Gasteiger partial charge in [0.05, 0.1) is 5.71 Å². The second-order valence-electron chi connectivity index (χ2n) is 2.34. The van der Waals surface area contributed by atoms with Gasteiger partial charge in [-0.3, -0.25) is 0 Å². The molecule has 0 aliphatic rings. The summed E-state index contributed by atoms with van der Waals surface area (Å²) in [6, 6.07) is 0. The van der Waals surface area contributed by atoms with E-state index in [1.807, 2.05) is 6.08 Å². The van der Waals surface area contributed by atoms with Crippen LogP contribution in [-0.4, -0.2) is 10.9 Å². The van der Waals surface area contributed by atoms with E-state index in [2.05, 4.69) is 19.0 Å². The Hall–Kier alpha value is -0.790. The van der Waals surface area contributed by atoms with Crippen LogP contribution in [0.2, 0.25) is 0 Å². The van der Waals surface area contributed by atoms with Crippen LogP contribution in [0.1, 0.15) is 20.8 Å². The normalized spacial score (nSPS) is 13.6. The third-order valence-electron chi connectivity index (χ3n) is 0.880. The van der Waals surface area contributed by atoms with Crippen LogP contribution in [0.3, 0.4) is 0 Å². The molecule has 0 aliphatic carbocycles. The number of oxime groups is 1. The molecule has 2 heteroatoms. The Kier molecular flexibility index (Phi) is 3.76. The fourth-order valence-corrected chi connectivity index (χ4v) is 0.365. The van der Waals surface area contributed by atoms with E-state index in [-0.39, 0.29) is 0 Å². The van der Waals surface area contributed by atoms with Gasteiger partial charge in [0, 0.05) is 0 Å². The molecule has 0 bridgehead atoms. The van der Waals surface area contributed by atoms with Gasteiger partial charge in [-0.2, -0.15) is 0 Å². The van der Waals surface area contributed by atoms with Crippen molar-refractivity contribution in [2.75, 3.05) is 0 Å². The van der Waals surface area contributed by atoms with E-state index in [0.29, 0.717) is 11.6 Å². The van der Waals surface area contributed by atoms with Crippen LogP contribution in [0.25, 0.3) is 0 Å². The summed E-state index contributed by atoms with van der Waals surface area (Å²) in [5, 5.41) is 11.2. The van der Waals surface area contributed by atoms with Crippen molar-refractivity contribution in [3.8, 4) is 0 Å². The lowest BCUT2D eigenvalue weighted by Crippen LogP contribution is -1.85. The summed E-state index contributed by atoms with van der Waals surface area (Å²) < 4.78 is 0. The minimum absolute atomic E-state index is 0.515. The lowest BCUT2D eigenvalue weighted by atomic mass is 10.2. The summed E-state index contributed by atoms with van der Waals surface area (Å²) in [5.74, 6) is 0.515. The molecule has 9 heavy (non-hydrogen) atoms. The molecule has 0 amide bonds. The smallest absolute Gasteiger partial charge is 0.0761 e. The molecule has 0 aromatic rings. The summed E-state index contributed by atoms with van der Waals surface area (Å²) >= 11 is 0. The van der Waals surface area contributed by atoms with Gasteiger partial charge in [-0.15, -0.1) is 0 Å². The highest BCUT2D eigenvalue weighted by atomic mass is 16.4. The van der Waals surface area contributed by atoms with Crippen molar-refractivity contribution in [3.05, 3.63) is 12.2 Å². The second-order valence-corrected chi connectivity index (χ2v) is 2.34. The Labute approximate surface area is 55.9 Å². The first-order chi connectivity index (χ1) is 4.16. The van der Waals surface area contributed by atoms with Gasteiger partial charge in [0.1, 0.15) is 0 Å². The van der Waals surface area contributed by atoms with Crippen molar-refractivity contribution in [3.63, 3.8) is 0 Å². The van der Waals surface area contributed by atoms with E-state index < -0.39 is 0 Å². The average molecular weight is 127 g/mol. The minimum atomic E-state index is 0.515. The molecule has 0 saturated heterocycles. The molecule has 1 N–H and O–H groups in total. The topological polar surface area (TPSA) is 32.6 Å². The van der Waals surface area contributed by atoms with Crippen molar-refractivity contribution in [2.24, 2.45) is 11.1 Å². The lowest BCUT2D eigenvalue weighted by molar-refractivity contribution is 0.319. The summed E-state index contributed by atoms with van der Waals surface area (Å²) in [6.07, 6.45) is 3.78. The number of nitrogens with zero attached hydrogens (tertiary/aromatic N) is 1. The Morgan fingerprint density at radius 2 is 2.11 bits per heavy atom. The van der Waals surface area contributed by atoms with E-state index in [1.54, 1.807) is 13.0 Å². The molecule has 0 aromatic carbocycles. The van der Waals surface area contributed by atoms with E-state index in [4.69, 9.17) is 5.21 Å². The standard InChI is InChI=1S/C7H13NO/c1-6(2)4-5-7(3)8-9/h4-6,9H,1-3H3/b5-4+,8-7-. The Morgan fingerprint density at radius 3 is 2.44 bits per heavy atom.